The van der Waals surface area contributed by atoms with E-state index in [0.717, 1.165) is 21.9 Å². The second-order valence-electron chi connectivity index (χ2n) is 8.70. The van der Waals surface area contributed by atoms with Crippen LogP contribution in [0.4, 0.5) is 4.79 Å². The summed E-state index contributed by atoms with van der Waals surface area (Å²) in [5.74, 6) is -0.449. The summed E-state index contributed by atoms with van der Waals surface area (Å²) in [5.41, 5.74) is -0.118. The monoisotopic (exact) mass is 391 g/mol. The molecule has 2 N–H and O–H groups in total. The normalized spacial score (nSPS) is 14.9. The summed E-state index contributed by atoms with van der Waals surface area (Å²) >= 11 is 0. The molecule has 29 heavy (non-hydrogen) atoms. The van der Waals surface area contributed by atoms with E-state index in [-0.39, 0.29) is 6.54 Å². The van der Waals surface area contributed by atoms with E-state index in [1.807, 2.05) is 87.5 Å². The van der Waals surface area contributed by atoms with E-state index in [0.29, 0.717) is 0 Å². The first-order valence-corrected chi connectivity index (χ1v) is 9.85. The molecule has 0 bridgehead atoms. The van der Waals surface area contributed by atoms with Crippen LogP contribution in [0.1, 0.15) is 37.8 Å². The van der Waals surface area contributed by atoms with Crippen molar-refractivity contribution in [1.82, 2.24) is 4.90 Å². The molecule has 0 spiro atoms. The number of benzene rings is 3. The van der Waals surface area contributed by atoms with E-state index in [1.165, 1.54) is 4.90 Å². The van der Waals surface area contributed by atoms with Gasteiger partial charge in [-0.25, -0.2) is 4.79 Å². The molecule has 4 nitrogen and oxygen atoms in total. The third-order valence-corrected chi connectivity index (χ3v) is 5.82. The highest BCUT2D eigenvalue weighted by molar-refractivity contribution is 5.83. The molecule has 3 aromatic carbocycles. The van der Waals surface area contributed by atoms with Crippen molar-refractivity contribution in [3.05, 3.63) is 83.9 Å². The van der Waals surface area contributed by atoms with Crippen molar-refractivity contribution >= 4 is 16.9 Å². The Morgan fingerprint density at radius 2 is 1.52 bits per heavy atom. The first kappa shape index (κ1) is 20.9. The van der Waals surface area contributed by atoms with Gasteiger partial charge >= 0.3 is 6.09 Å². The molecule has 0 aliphatic rings. The van der Waals surface area contributed by atoms with E-state index in [2.05, 4.69) is 6.07 Å². The van der Waals surface area contributed by atoms with Crippen LogP contribution in [0.15, 0.2) is 72.8 Å². The first-order valence-electron chi connectivity index (χ1n) is 9.85. The summed E-state index contributed by atoms with van der Waals surface area (Å²) in [6.07, 6.45) is -1.01. The molecule has 0 aromatic heterocycles. The quantitative estimate of drug-likeness (QED) is 0.606. The van der Waals surface area contributed by atoms with Crippen molar-refractivity contribution in [2.24, 2.45) is 5.41 Å². The summed E-state index contributed by atoms with van der Waals surface area (Å²) in [7, 11) is 1.55. The molecule has 0 saturated heterocycles. The molecule has 0 unspecified atom stereocenters. The fourth-order valence-electron chi connectivity index (χ4n) is 4.10. The third-order valence-electron chi connectivity index (χ3n) is 5.82. The van der Waals surface area contributed by atoms with Gasteiger partial charge in [0.15, 0.2) is 0 Å². The van der Waals surface area contributed by atoms with Crippen molar-refractivity contribution in [2.75, 3.05) is 13.6 Å². The predicted octanol–water partition coefficient (Wildman–Crippen LogP) is 5.47. The van der Waals surface area contributed by atoms with Crippen molar-refractivity contribution in [3.63, 3.8) is 0 Å². The lowest BCUT2D eigenvalue weighted by Gasteiger charge is -2.47. The first-order chi connectivity index (χ1) is 13.6. The molecule has 0 saturated carbocycles. The fraction of sp³-hybridized carbons (Fsp3) is 0.320. The summed E-state index contributed by atoms with van der Waals surface area (Å²) in [6.45, 7) is 6.16. The Morgan fingerprint density at radius 1 is 0.931 bits per heavy atom. The largest absolute Gasteiger partial charge is 0.465 e. The van der Waals surface area contributed by atoms with E-state index < -0.39 is 23.0 Å². The summed E-state index contributed by atoms with van der Waals surface area (Å²) < 4.78 is 0. The van der Waals surface area contributed by atoms with Gasteiger partial charge in [0.25, 0.3) is 0 Å². The van der Waals surface area contributed by atoms with Crippen molar-refractivity contribution < 1.29 is 15.0 Å². The molecule has 0 heterocycles. The maximum Gasteiger partial charge on any atom is 0.407 e. The van der Waals surface area contributed by atoms with Gasteiger partial charge in [-0.2, -0.15) is 0 Å². The Hall–Kier alpha value is -2.85. The van der Waals surface area contributed by atoms with Gasteiger partial charge in [0.2, 0.25) is 0 Å². The maximum atomic E-state index is 12.2. The lowest BCUT2D eigenvalue weighted by atomic mass is 9.63. The van der Waals surface area contributed by atoms with Crippen LogP contribution in [0, 0.1) is 5.41 Å². The Labute approximate surface area is 172 Å². The van der Waals surface area contributed by atoms with Crippen molar-refractivity contribution in [3.8, 4) is 0 Å². The second-order valence-corrected chi connectivity index (χ2v) is 8.70. The fourth-order valence-corrected chi connectivity index (χ4v) is 4.10. The number of hydrogen-bond acceptors (Lipinski definition) is 2. The number of hydrogen-bond donors (Lipinski definition) is 2. The molecule has 4 heteroatoms. The zero-order valence-corrected chi connectivity index (χ0v) is 17.5. The number of likely N-dealkylation sites (N-methyl/N-ethyl adjacent to an activating group) is 1. The van der Waals surface area contributed by atoms with Gasteiger partial charge in [0.1, 0.15) is 5.60 Å². The Morgan fingerprint density at radius 3 is 2.10 bits per heavy atom. The van der Waals surface area contributed by atoms with Gasteiger partial charge in [-0.15, -0.1) is 0 Å². The van der Waals surface area contributed by atoms with Crippen LogP contribution in [0.25, 0.3) is 10.8 Å². The number of amides is 1. The van der Waals surface area contributed by atoms with Gasteiger partial charge < -0.3 is 15.1 Å². The lowest BCUT2D eigenvalue weighted by Crippen LogP contribution is -2.49. The zero-order chi connectivity index (χ0) is 21.2. The SMILES string of the molecule is CN(C[C@H](c1ccc2ccccc2c1)[C@@](O)(c1ccccc1)C(C)(C)C)C(=O)O. The number of nitrogens with zero attached hydrogens (tertiary/aromatic N) is 1. The van der Waals surface area contributed by atoms with Crippen LogP contribution < -0.4 is 0 Å². The Bertz CT molecular complexity index is 994. The molecule has 2 atom stereocenters. The zero-order valence-electron chi connectivity index (χ0n) is 17.5. The average molecular weight is 392 g/mol. The molecule has 0 fully saturated rings. The average Bonchev–Trinajstić information content (AvgIpc) is 2.70. The van der Waals surface area contributed by atoms with Gasteiger partial charge in [0, 0.05) is 19.5 Å². The highest BCUT2D eigenvalue weighted by Crippen LogP contribution is 2.49. The van der Waals surface area contributed by atoms with E-state index in [1.54, 1.807) is 7.05 Å². The topological polar surface area (TPSA) is 60.8 Å². The highest BCUT2D eigenvalue weighted by atomic mass is 16.4. The molecule has 0 radical (unpaired) electrons. The second kappa shape index (κ2) is 7.88. The molecule has 0 aliphatic carbocycles. The van der Waals surface area contributed by atoms with Crippen LogP contribution in [0.2, 0.25) is 0 Å². The van der Waals surface area contributed by atoms with Gasteiger partial charge in [-0.1, -0.05) is 93.6 Å². The van der Waals surface area contributed by atoms with Crippen molar-refractivity contribution in [2.45, 2.75) is 32.3 Å². The molecule has 1 amide bonds. The third kappa shape index (κ3) is 3.99. The minimum atomic E-state index is -1.28. The van der Waals surface area contributed by atoms with E-state index >= 15 is 0 Å². The number of rotatable bonds is 5. The number of carboxylic acid groups (broad SMARTS) is 1. The van der Waals surface area contributed by atoms with Crippen LogP contribution in [-0.2, 0) is 5.60 Å². The van der Waals surface area contributed by atoms with Gasteiger partial charge in [0.05, 0.1) is 0 Å². The smallest absolute Gasteiger partial charge is 0.407 e. The standard InChI is InChI=1S/C25H29NO3/c1-24(2,3)25(29,21-12-6-5-7-13-21)22(17-26(4)23(27)28)20-15-14-18-10-8-9-11-19(18)16-20/h5-16,22,29H,17H2,1-4H3,(H,27,28)/t22-,25+/m1/s1. The minimum absolute atomic E-state index is 0.177. The maximum absolute atomic E-state index is 12.2. The van der Waals surface area contributed by atoms with Gasteiger partial charge in [-0.05, 0) is 27.3 Å². The van der Waals surface area contributed by atoms with Crippen molar-refractivity contribution in [1.29, 1.82) is 0 Å². The molecule has 152 valence electrons. The highest BCUT2D eigenvalue weighted by Gasteiger charge is 2.49. The molecule has 3 aromatic rings. The number of carbonyl (C=O) groups is 1. The van der Waals surface area contributed by atoms with E-state index in [4.69, 9.17) is 0 Å². The molecular weight excluding hydrogens is 362 g/mol. The number of aliphatic hydroxyl groups is 1. The van der Waals surface area contributed by atoms with Crippen LogP contribution in [0.3, 0.4) is 0 Å². The Kier molecular flexibility index (Phi) is 5.67. The molecule has 0 aliphatic heterocycles. The van der Waals surface area contributed by atoms with Gasteiger partial charge in [-0.3, -0.25) is 0 Å². The molecule has 3 rings (SSSR count). The van der Waals surface area contributed by atoms with E-state index in [9.17, 15) is 15.0 Å². The predicted molar refractivity (Wildman–Crippen MR) is 117 cm³/mol. The van der Waals surface area contributed by atoms with Crippen LogP contribution in [-0.4, -0.2) is 34.8 Å². The number of fused-ring (bicyclic) bond motifs is 1. The summed E-state index contributed by atoms with van der Waals surface area (Å²) in [6, 6.07) is 23.7. The summed E-state index contributed by atoms with van der Waals surface area (Å²) in [5, 5.41) is 23.9. The van der Waals surface area contributed by atoms with Crippen LogP contribution in [0.5, 0.6) is 0 Å². The lowest BCUT2D eigenvalue weighted by molar-refractivity contribution is -0.0916. The van der Waals surface area contributed by atoms with Crippen LogP contribution >= 0.6 is 0 Å². The summed E-state index contributed by atoms with van der Waals surface area (Å²) in [4.78, 5) is 12.9. The Balaban J connectivity index is 2.22. The minimum Gasteiger partial charge on any atom is -0.465 e. The molecular formula is C25H29NO3.